The Bertz CT molecular complexity index is 1020. The number of sulfonamides is 1. The summed E-state index contributed by atoms with van der Waals surface area (Å²) in [4.78, 5) is 24.1. The summed E-state index contributed by atoms with van der Waals surface area (Å²) >= 11 is 0. The summed E-state index contributed by atoms with van der Waals surface area (Å²) in [5, 5.41) is 2.98. The predicted octanol–water partition coefficient (Wildman–Crippen LogP) is 1.73. The molecule has 0 radical (unpaired) electrons. The minimum Gasteiger partial charge on any atom is -0.364 e. The number of benzene rings is 1. The maximum absolute atomic E-state index is 12.9. The highest BCUT2D eigenvalue weighted by molar-refractivity contribution is 7.89. The van der Waals surface area contributed by atoms with Crippen LogP contribution in [0.1, 0.15) is 35.8 Å². The van der Waals surface area contributed by atoms with Gasteiger partial charge in [-0.15, -0.1) is 0 Å². The molecule has 8 nitrogen and oxygen atoms in total. The number of nitrogens with two attached hydrogens (primary N) is 1. The molecule has 1 aromatic carbocycles. The molecule has 3 rings (SSSR count). The van der Waals surface area contributed by atoms with Crippen molar-refractivity contribution in [3.8, 4) is 0 Å². The van der Waals surface area contributed by atoms with Crippen LogP contribution in [-0.2, 0) is 28.3 Å². The molecule has 2 heterocycles. The highest BCUT2D eigenvalue weighted by Crippen LogP contribution is 2.26. The monoisotopic (exact) mass is 418 g/mol. The first-order valence-electron chi connectivity index (χ1n) is 9.59. The Labute approximate surface area is 170 Å². The van der Waals surface area contributed by atoms with Crippen LogP contribution in [0.25, 0.3) is 0 Å². The van der Waals surface area contributed by atoms with E-state index in [0.717, 1.165) is 17.7 Å². The second-order valence-corrected chi connectivity index (χ2v) is 9.15. The fourth-order valence-corrected chi connectivity index (χ4v) is 5.15. The standard InChI is InChI=1S/C20H26N4O4S/c1-3-14-6-4-5-7-17(14)22-20(26)15-8-10-24(11-9-15)29(27,28)16-12-18(19(21)25)23(2)13-16/h4-7,12-13,15H,3,8-11H2,1-2H3,(H2,21,25)(H,22,26). The van der Waals surface area contributed by atoms with Crippen molar-refractivity contribution in [2.75, 3.05) is 18.4 Å². The molecule has 0 spiro atoms. The van der Waals surface area contributed by atoms with Crippen molar-refractivity contribution in [2.24, 2.45) is 18.7 Å². The zero-order valence-electron chi connectivity index (χ0n) is 16.6. The highest BCUT2D eigenvalue weighted by Gasteiger charge is 2.33. The normalized spacial score (nSPS) is 15.9. The molecule has 1 aromatic heterocycles. The van der Waals surface area contributed by atoms with Crippen LogP contribution in [-0.4, -0.2) is 42.2 Å². The lowest BCUT2D eigenvalue weighted by Gasteiger charge is -2.30. The van der Waals surface area contributed by atoms with Gasteiger partial charge in [0.05, 0.1) is 0 Å². The molecule has 0 atom stereocenters. The summed E-state index contributed by atoms with van der Waals surface area (Å²) in [5.41, 5.74) is 7.27. The topological polar surface area (TPSA) is 114 Å². The molecule has 1 fully saturated rings. The van der Waals surface area contributed by atoms with E-state index in [1.54, 1.807) is 7.05 Å². The molecule has 29 heavy (non-hydrogen) atoms. The minimum atomic E-state index is -3.74. The third-order valence-electron chi connectivity index (χ3n) is 5.35. The van der Waals surface area contributed by atoms with Crippen molar-refractivity contribution < 1.29 is 18.0 Å². The van der Waals surface area contributed by atoms with E-state index in [-0.39, 0.29) is 35.5 Å². The van der Waals surface area contributed by atoms with Crippen LogP contribution in [0.3, 0.4) is 0 Å². The number of anilines is 1. The number of carbonyl (C=O) groups is 2. The third-order valence-corrected chi connectivity index (χ3v) is 7.21. The van der Waals surface area contributed by atoms with E-state index in [2.05, 4.69) is 5.32 Å². The molecule has 156 valence electrons. The van der Waals surface area contributed by atoms with Gasteiger partial charge in [-0.1, -0.05) is 25.1 Å². The quantitative estimate of drug-likeness (QED) is 0.743. The first kappa shape index (κ1) is 21.1. The number of piperidine rings is 1. The van der Waals surface area contributed by atoms with Crippen LogP contribution in [0.4, 0.5) is 5.69 Å². The van der Waals surface area contributed by atoms with Crippen LogP contribution in [0.5, 0.6) is 0 Å². The van der Waals surface area contributed by atoms with E-state index in [9.17, 15) is 18.0 Å². The molecule has 1 saturated heterocycles. The van der Waals surface area contributed by atoms with Crippen LogP contribution < -0.4 is 11.1 Å². The molecule has 3 N–H and O–H groups in total. The molecular weight excluding hydrogens is 392 g/mol. The van der Waals surface area contributed by atoms with Gasteiger partial charge in [0.25, 0.3) is 5.91 Å². The van der Waals surface area contributed by atoms with Crippen LogP contribution >= 0.6 is 0 Å². The Balaban J connectivity index is 1.66. The van der Waals surface area contributed by atoms with Gasteiger partial charge in [-0.2, -0.15) is 4.31 Å². The van der Waals surface area contributed by atoms with E-state index in [0.29, 0.717) is 12.8 Å². The number of aryl methyl sites for hydroxylation is 2. The largest absolute Gasteiger partial charge is 0.364 e. The zero-order chi connectivity index (χ0) is 21.2. The number of primary amides is 1. The van der Waals surface area contributed by atoms with E-state index >= 15 is 0 Å². The average molecular weight is 419 g/mol. The Kier molecular flexibility index (Phi) is 6.09. The second kappa shape index (κ2) is 8.38. The summed E-state index contributed by atoms with van der Waals surface area (Å²) in [7, 11) is -2.17. The first-order valence-corrected chi connectivity index (χ1v) is 11.0. The Morgan fingerprint density at radius 2 is 1.86 bits per heavy atom. The molecule has 1 aliphatic rings. The lowest BCUT2D eigenvalue weighted by Crippen LogP contribution is -2.41. The lowest BCUT2D eigenvalue weighted by atomic mass is 9.97. The number of hydrogen-bond acceptors (Lipinski definition) is 4. The number of amides is 2. The van der Waals surface area contributed by atoms with Crippen molar-refractivity contribution in [1.29, 1.82) is 0 Å². The van der Waals surface area contributed by atoms with E-state index in [1.165, 1.54) is 21.1 Å². The average Bonchev–Trinajstić information content (AvgIpc) is 3.11. The fourth-order valence-electron chi connectivity index (χ4n) is 3.61. The maximum Gasteiger partial charge on any atom is 0.265 e. The predicted molar refractivity (Wildman–Crippen MR) is 110 cm³/mol. The molecule has 0 bridgehead atoms. The minimum absolute atomic E-state index is 0.0357. The van der Waals surface area contributed by atoms with Gasteiger partial charge in [-0.3, -0.25) is 9.59 Å². The van der Waals surface area contributed by atoms with Crippen LogP contribution in [0.2, 0.25) is 0 Å². The Morgan fingerprint density at radius 3 is 2.45 bits per heavy atom. The van der Waals surface area contributed by atoms with Gasteiger partial charge >= 0.3 is 0 Å². The summed E-state index contributed by atoms with van der Waals surface area (Å²) in [6.07, 6.45) is 3.08. The zero-order valence-corrected chi connectivity index (χ0v) is 17.4. The van der Waals surface area contributed by atoms with Gasteiger partial charge in [-0.05, 0) is 37.0 Å². The van der Waals surface area contributed by atoms with E-state index in [1.807, 2.05) is 31.2 Å². The number of rotatable bonds is 6. The van der Waals surface area contributed by atoms with E-state index in [4.69, 9.17) is 5.73 Å². The van der Waals surface area contributed by atoms with Gasteiger partial charge in [-0.25, -0.2) is 8.42 Å². The number of carbonyl (C=O) groups excluding carboxylic acids is 2. The Hall–Kier alpha value is -2.65. The number of nitrogens with one attached hydrogen (secondary N) is 1. The summed E-state index contributed by atoms with van der Waals surface area (Å²) in [6.45, 7) is 2.52. The van der Waals surface area contributed by atoms with Gasteiger partial charge in [0.1, 0.15) is 10.6 Å². The van der Waals surface area contributed by atoms with Crippen molar-refractivity contribution in [1.82, 2.24) is 8.87 Å². The fraction of sp³-hybridized carbons (Fsp3) is 0.400. The summed E-state index contributed by atoms with van der Waals surface area (Å²) in [6, 6.07) is 8.96. The smallest absolute Gasteiger partial charge is 0.265 e. The molecule has 9 heteroatoms. The highest BCUT2D eigenvalue weighted by atomic mass is 32.2. The molecule has 0 unspecified atom stereocenters. The molecule has 0 saturated carbocycles. The summed E-state index contributed by atoms with van der Waals surface area (Å²) < 4.78 is 28.5. The van der Waals surface area contributed by atoms with Gasteiger partial charge in [0.15, 0.2) is 0 Å². The first-order chi connectivity index (χ1) is 13.7. The molecule has 2 aromatic rings. The van der Waals surface area contributed by atoms with Crippen LogP contribution in [0.15, 0.2) is 41.4 Å². The number of para-hydroxylation sites is 1. The number of aromatic nitrogens is 1. The molecule has 2 amide bonds. The van der Waals surface area contributed by atoms with Crippen molar-refractivity contribution in [3.63, 3.8) is 0 Å². The third kappa shape index (κ3) is 4.35. The van der Waals surface area contributed by atoms with Crippen molar-refractivity contribution in [3.05, 3.63) is 47.8 Å². The lowest BCUT2D eigenvalue weighted by molar-refractivity contribution is -0.120. The second-order valence-electron chi connectivity index (χ2n) is 7.21. The van der Waals surface area contributed by atoms with Gasteiger partial charge in [0, 0.05) is 37.9 Å². The van der Waals surface area contributed by atoms with Gasteiger partial charge < -0.3 is 15.6 Å². The number of nitrogens with zero attached hydrogens (tertiary/aromatic N) is 2. The maximum atomic E-state index is 12.9. The Morgan fingerprint density at radius 1 is 1.21 bits per heavy atom. The van der Waals surface area contributed by atoms with Crippen LogP contribution in [0, 0.1) is 5.92 Å². The SMILES string of the molecule is CCc1ccccc1NC(=O)C1CCN(S(=O)(=O)c2cc(C(N)=O)n(C)c2)CC1. The van der Waals surface area contributed by atoms with Crippen molar-refractivity contribution in [2.45, 2.75) is 31.1 Å². The molecule has 1 aliphatic heterocycles. The van der Waals surface area contributed by atoms with Gasteiger partial charge in [0.2, 0.25) is 15.9 Å². The molecular formula is C20H26N4O4S. The molecule has 0 aliphatic carbocycles. The number of hydrogen-bond donors (Lipinski definition) is 2. The summed E-state index contributed by atoms with van der Waals surface area (Å²) in [5.74, 6) is -1.02. The van der Waals surface area contributed by atoms with Crippen molar-refractivity contribution >= 4 is 27.5 Å². The van der Waals surface area contributed by atoms with E-state index < -0.39 is 15.9 Å².